The van der Waals surface area contributed by atoms with Crippen LogP contribution in [-0.4, -0.2) is 77.1 Å². The number of fused-ring (bicyclic) bond motifs is 4. The molecule has 5 aliphatic rings. The van der Waals surface area contributed by atoms with E-state index in [0.717, 1.165) is 38.9 Å². The minimum Gasteiger partial charge on any atom is -0.465 e. The second-order valence-corrected chi connectivity index (χ2v) is 7.89. The maximum absolute atomic E-state index is 12.3. The summed E-state index contributed by atoms with van der Waals surface area (Å²) in [6, 6.07) is 0.750. The van der Waals surface area contributed by atoms with Gasteiger partial charge in [0.05, 0.1) is 0 Å². The third kappa shape index (κ3) is 2.33. The lowest BCUT2D eigenvalue weighted by molar-refractivity contribution is -0.132. The van der Waals surface area contributed by atoms with Gasteiger partial charge in [0.1, 0.15) is 0 Å². The molecule has 6 nitrogen and oxygen atoms in total. The Morgan fingerprint density at radius 3 is 2.39 bits per heavy atom. The Balaban J connectivity index is 1.35. The molecule has 1 unspecified atom stereocenters. The number of piperidine rings is 3. The molecule has 2 aliphatic carbocycles. The van der Waals surface area contributed by atoms with E-state index in [9.17, 15) is 14.7 Å². The highest BCUT2D eigenvalue weighted by Gasteiger charge is 2.61. The molecule has 3 aliphatic heterocycles. The SMILES string of the molecule is CCN(C)C(=O)[C@H]1[C@@H]2CN(C3C[C@H]4CC[C@@H]3CN4C(=O)O)C[C@@H]21. The predicted octanol–water partition coefficient (Wildman–Crippen LogP) is 1.17. The maximum atomic E-state index is 12.3. The van der Waals surface area contributed by atoms with Gasteiger partial charge >= 0.3 is 6.09 Å². The van der Waals surface area contributed by atoms with Crippen molar-refractivity contribution in [2.24, 2.45) is 23.7 Å². The molecule has 23 heavy (non-hydrogen) atoms. The molecular formula is C17H27N3O3. The first-order chi connectivity index (χ1) is 11.0. The molecule has 0 aromatic heterocycles. The number of likely N-dealkylation sites (tertiary alicyclic amines) is 1. The van der Waals surface area contributed by atoms with Crippen LogP contribution < -0.4 is 0 Å². The Bertz CT molecular complexity index is 513. The first kappa shape index (κ1) is 15.2. The molecule has 5 fully saturated rings. The van der Waals surface area contributed by atoms with E-state index in [1.54, 1.807) is 4.90 Å². The summed E-state index contributed by atoms with van der Waals surface area (Å²) in [6.45, 7) is 5.60. The Kier molecular flexibility index (Phi) is 3.55. The van der Waals surface area contributed by atoms with Crippen molar-refractivity contribution in [3.8, 4) is 0 Å². The molecule has 1 N–H and O–H groups in total. The first-order valence-corrected chi connectivity index (χ1v) is 8.99. The van der Waals surface area contributed by atoms with Crippen LogP contribution in [0.25, 0.3) is 0 Å². The molecule has 128 valence electrons. The van der Waals surface area contributed by atoms with E-state index in [0.29, 0.717) is 36.2 Å². The fraction of sp³-hybridized carbons (Fsp3) is 0.882. The number of carbonyl (C=O) groups excluding carboxylic acids is 1. The summed E-state index contributed by atoms with van der Waals surface area (Å²) in [7, 11) is 1.90. The predicted molar refractivity (Wildman–Crippen MR) is 85.0 cm³/mol. The van der Waals surface area contributed by atoms with Crippen LogP contribution in [0.2, 0.25) is 0 Å². The van der Waals surface area contributed by atoms with Crippen molar-refractivity contribution in [3.05, 3.63) is 0 Å². The second-order valence-electron chi connectivity index (χ2n) is 7.89. The number of carboxylic acid groups (broad SMARTS) is 1. The number of nitrogens with zero attached hydrogens (tertiary/aromatic N) is 3. The molecule has 2 bridgehead atoms. The van der Waals surface area contributed by atoms with Gasteiger partial charge < -0.3 is 14.9 Å². The molecule has 3 heterocycles. The van der Waals surface area contributed by atoms with Gasteiger partial charge in [-0.15, -0.1) is 0 Å². The molecule has 0 radical (unpaired) electrons. The van der Waals surface area contributed by atoms with Gasteiger partial charge in [0, 0.05) is 51.2 Å². The van der Waals surface area contributed by atoms with E-state index in [4.69, 9.17) is 0 Å². The smallest absolute Gasteiger partial charge is 0.407 e. The van der Waals surface area contributed by atoms with E-state index in [1.807, 2.05) is 18.9 Å². The molecule has 0 spiro atoms. The highest BCUT2D eigenvalue weighted by atomic mass is 16.4. The zero-order valence-corrected chi connectivity index (χ0v) is 14.0. The van der Waals surface area contributed by atoms with Gasteiger partial charge in [0.2, 0.25) is 5.91 Å². The van der Waals surface area contributed by atoms with E-state index in [2.05, 4.69) is 4.90 Å². The summed E-state index contributed by atoms with van der Waals surface area (Å²) in [5, 5.41) is 9.30. The standard InChI is InChI=1S/C17H27N3O3/c1-3-18(2)16(21)15-12-8-19(9-13(12)15)14-6-11-5-4-10(14)7-20(11)17(22)23/h10-15H,3-9H2,1-2H3,(H,22,23)/t10-,11-,12-,13+,14?,15+/m1/s1. The Hall–Kier alpha value is -1.30. The number of carbonyl (C=O) groups is 2. The van der Waals surface area contributed by atoms with Gasteiger partial charge in [-0.05, 0) is 43.9 Å². The van der Waals surface area contributed by atoms with Crippen LogP contribution in [0.5, 0.6) is 0 Å². The average Bonchev–Trinajstić information content (AvgIpc) is 3.06. The fourth-order valence-corrected chi connectivity index (χ4v) is 5.37. The van der Waals surface area contributed by atoms with Gasteiger partial charge in [-0.2, -0.15) is 0 Å². The zero-order valence-electron chi connectivity index (χ0n) is 14.0. The molecule has 0 aromatic rings. The highest BCUT2D eigenvalue weighted by molar-refractivity contribution is 5.82. The zero-order chi connectivity index (χ0) is 16.3. The summed E-state index contributed by atoms with van der Waals surface area (Å²) in [5.41, 5.74) is 0. The Morgan fingerprint density at radius 1 is 1.17 bits per heavy atom. The van der Waals surface area contributed by atoms with Crippen LogP contribution in [0, 0.1) is 23.7 Å². The topological polar surface area (TPSA) is 64.1 Å². The van der Waals surface area contributed by atoms with E-state index < -0.39 is 6.09 Å². The lowest BCUT2D eigenvalue weighted by atomic mass is 9.75. The fourth-order valence-electron chi connectivity index (χ4n) is 5.37. The minimum atomic E-state index is -0.754. The van der Waals surface area contributed by atoms with Gasteiger partial charge in [-0.1, -0.05) is 0 Å². The quantitative estimate of drug-likeness (QED) is 0.848. The van der Waals surface area contributed by atoms with E-state index in [-0.39, 0.29) is 12.0 Å². The molecular weight excluding hydrogens is 294 g/mol. The normalized spacial score (nSPS) is 41.7. The van der Waals surface area contributed by atoms with E-state index >= 15 is 0 Å². The summed E-state index contributed by atoms with van der Waals surface area (Å²) in [4.78, 5) is 29.7. The number of hydrogen-bond acceptors (Lipinski definition) is 3. The maximum Gasteiger partial charge on any atom is 0.407 e. The van der Waals surface area contributed by atoms with Gasteiger partial charge in [0.25, 0.3) is 0 Å². The van der Waals surface area contributed by atoms with Crippen LogP contribution in [-0.2, 0) is 4.79 Å². The lowest BCUT2D eigenvalue weighted by Crippen LogP contribution is -2.60. The molecule has 6 heteroatoms. The van der Waals surface area contributed by atoms with Crippen LogP contribution in [0.4, 0.5) is 4.79 Å². The lowest BCUT2D eigenvalue weighted by Gasteiger charge is -2.51. The van der Waals surface area contributed by atoms with Crippen LogP contribution in [0.15, 0.2) is 0 Å². The second kappa shape index (κ2) is 5.36. The van der Waals surface area contributed by atoms with Gasteiger partial charge in [-0.25, -0.2) is 4.79 Å². The first-order valence-electron chi connectivity index (χ1n) is 8.99. The van der Waals surface area contributed by atoms with Crippen molar-refractivity contribution in [2.75, 3.05) is 33.2 Å². The van der Waals surface area contributed by atoms with Crippen molar-refractivity contribution in [1.29, 1.82) is 0 Å². The van der Waals surface area contributed by atoms with Crippen molar-refractivity contribution in [1.82, 2.24) is 14.7 Å². The Morgan fingerprint density at radius 2 is 1.87 bits per heavy atom. The molecule has 5 rings (SSSR count). The summed E-state index contributed by atoms with van der Waals surface area (Å²) in [5.74, 6) is 2.16. The van der Waals surface area contributed by atoms with Crippen molar-refractivity contribution >= 4 is 12.0 Å². The summed E-state index contributed by atoms with van der Waals surface area (Å²) < 4.78 is 0. The van der Waals surface area contributed by atoms with Gasteiger partial charge in [-0.3, -0.25) is 9.69 Å². The third-order valence-corrected chi connectivity index (χ3v) is 6.87. The monoisotopic (exact) mass is 321 g/mol. The molecule has 6 atom stereocenters. The Labute approximate surface area is 137 Å². The average molecular weight is 321 g/mol. The number of rotatable bonds is 3. The summed E-state index contributed by atoms with van der Waals surface area (Å²) >= 11 is 0. The number of amides is 2. The highest BCUT2D eigenvalue weighted by Crippen LogP contribution is 2.54. The van der Waals surface area contributed by atoms with Gasteiger partial charge in [0.15, 0.2) is 0 Å². The van der Waals surface area contributed by atoms with Crippen molar-refractivity contribution in [3.63, 3.8) is 0 Å². The third-order valence-electron chi connectivity index (χ3n) is 6.87. The molecule has 2 saturated carbocycles. The molecule has 0 aromatic carbocycles. The number of hydrogen-bond donors (Lipinski definition) is 1. The van der Waals surface area contributed by atoms with Crippen molar-refractivity contribution < 1.29 is 14.7 Å². The van der Waals surface area contributed by atoms with Crippen molar-refractivity contribution in [2.45, 2.75) is 38.3 Å². The summed E-state index contributed by atoms with van der Waals surface area (Å²) in [6.07, 6.45) is 2.42. The van der Waals surface area contributed by atoms with Crippen LogP contribution >= 0.6 is 0 Å². The van der Waals surface area contributed by atoms with Crippen LogP contribution in [0.3, 0.4) is 0 Å². The molecule has 2 amide bonds. The largest absolute Gasteiger partial charge is 0.465 e. The van der Waals surface area contributed by atoms with E-state index in [1.165, 1.54) is 0 Å². The minimum absolute atomic E-state index is 0.211. The van der Waals surface area contributed by atoms with Crippen LogP contribution in [0.1, 0.15) is 26.2 Å². The molecule has 3 saturated heterocycles.